The number of hydrogen-bond acceptors (Lipinski definition) is 4. The minimum absolute atomic E-state index is 0.0299. The second-order valence-electron chi connectivity index (χ2n) is 4.73. The molecule has 0 aliphatic heterocycles. The van der Waals surface area contributed by atoms with Gasteiger partial charge in [0.25, 0.3) is 5.91 Å². The zero-order valence-electron chi connectivity index (χ0n) is 10.8. The first-order valence-corrected chi connectivity index (χ1v) is 6.27. The van der Waals surface area contributed by atoms with Crippen molar-refractivity contribution in [3.63, 3.8) is 0 Å². The van der Waals surface area contributed by atoms with Crippen LogP contribution in [-0.4, -0.2) is 29.0 Å². The number of ether oxygens (including phenoxy) is 1. The van der Waals surface area contributed by atoms with Gasteiger partial charge in [0.05, 0.1) is 5.02 Å². The SMILES string of the molecule is CC(C)(C)OC(=O)CNC(=O)c1nc(Cl)ccc1Cl. The molecule has 0 saturated carbocycles. The Hall–Kier alpha value is -1.33. The number of nitrogens with zero attached hydrogens (tertiary/aromatic N) is 1. The van der Waals surface area contributed by atoms with Crippen LogP contribution in [0.15, 0.2) is 12.1 Å². The van der Waals surface area contributed by atoms with E-state index in [2.05, 4.69) is 10.3 Å². The van der Waals surface area contributed by atoms with Crippen LogP contribution in [0.4, 0.5) is 0 Å². The van der Waals surface area contributed by atoms with Gasteiger partial charge in [-0.15, -0.1) is 0 Å². The average molecular weight is 305 g/mol. The first-order chi connectivity index (χ1) is 8.69. The van der Waals surface area contributed by atoms with Crippen LogP contribution in [0, 0.1) is 0 Å². The minimum Gasteiger partial charge on any atom is -0.459 e. The normalized spacial score (nSPS) is 11.0. The maximum Gasteiger partial charge on any atom is 0.325 e. The van der Waals surface area contributed by atoms with Gasteiger partial charge in [-0.05, 0) is 32.9 Å². The van der Waals surface area contributed by atoms with Gasteiger partial charge in [0.1, 0.15) is 23.0 Å². The summed E-state index contributed by atoms with van der Waals surface area (Å²) >= 11 is 11.5. The highest BCUT2D eigenvalue weighted by atomic mass is 35.5. The smallest absolute Gasteiger partial charge is 0.325 e. The lowest BCUT2D eigenvalue weighted by atomic mass is 10.2. The molecule has 1 rings (SSSR count). The summed E-state index contributed by atoms with van der Waals surface area (Å²) in [6.45, 7) is 4.95. The summed E-state index contributed by atoms with van der Waals surface area (Å²) in [4.78, 5) is 27.0. The van der Waals surface area contributed by atoms with Crippen LogP contribution in [0.1, 0.15) is 31.3 Å². The van der Waals surface area contributed by atoms with Gasteiger partial charge in [0.15, 0.2) is 0 Å². The third kappa shape index (κ3) is 5.44. The Morgan fingerprint density at radius 2 is 1.95 bits per heavy atom. The van der Waals surface area contributed by atoms with Gasteiger partial charge in [0.2, 0.25) is 0 Å². The Bertz CT molecular complexity index is 498. The van der Waals surface area contributed by atoms with Crippen molar-refractivity contribution in [1.82, 2.24) is 10.3 Å². The summed E-state index contributed by atoms with van der Waals surface area (Å²) in [7, 11) is 0. The van der Waals surface area contributed by atoms with E-state index in [1.165, 1.54) is 12.1 Å². The van der Waals surface area contributed by atoms with Gasteiger partial charge >= 0.3 is 5.97 Å². The average Bonchev–Trinajstić information content (AvgIpc) is 2.27. The third-order valence-electron chi connectivity index (χ3n) is 1.84. The maximum atomic E-state index is 11.8. The predicted molar refractivity (Wildman–Crippen MR) is 72.4 cm³/mol. The van der Waals surface area contributed by atoms with E-state index < -0.39 is 17.5 Å². The molecule has 104 valence electrons. The number of hydrogen-bond donors (Lipinski definition) is 1. The molecule has 1 aromatic heterocycles. The van der Waals surface area contributed by atoms with Gasteiger partial charge in [-0.25, -0.2) is 4.98 Å². The zero-order valence-corrected chi connectivity index (χ0v) is 12.3. The molecule has 1 aromatic rings. The zero-order chi connectivity index (χ0) is 14.6. The lowest BCUT2D eigenvalue weighted by molar-refractivity contribution is -0.153. The van der Waals surface area contributed by atoms with Crippen molar-refractivity contribution < 1.29 is 14.3 Å². The third-order valence-corrected chi connectivity index (χ3v) is 2.36. The molecule has 5 nitrogen and oxygen atoms in total. The fourth-order valence-electron chi connectivity index (χ4n) is 1.19. The Morgan fingerprint density at radius 1 is 1.32 bits per heavy atom. The standard InChI is InChI=1S/C12H14Cl2N2O3/c1-12(2,3)19-9(17)6-15-11(18)10-7(13)4-5-8(14)16-10/h4-5H,6H2,1-3H3,(H,15,18). The Kier molecular flexibility index (Phi) is 5.14. The summed E-state index contributed by atoms with van der Waals surface area (Å²) in [5.74, 6) is -1.13. The van der Waals surface area contributed by atoms with Crippen molar-refractivity contribution in [2.75, 3.05) is 6.54 Å². The second kappa shape index (κ2) is 6.21. The highest BCUT2D eigenvalue weighted by molar-refractivity contribution is 6.34. The topological polar surface area (TPSA) is 68.3 Å². The van der Waals surface area contributed by atoms with E-state index >= 15 is 0 Å². The summed E-state index contributed by atoms with van der Waals surface area (Å²) in [5, 5.41) is 2.67. The van der Waals surface area contributed by atoms with Crippen LogP contribution in [0.5, 0.6) is 0 Å². The number of esters is 1. The first kappa shape index (κ1) is 15.7. The lowest BCUT2D eigenvalue weighted by Crippen LogP contribution is -2.35. The van der Waals surface area contributed by atoms with Crippen LogP contribution in [0.3, 0.4) is 0 Å². The van der Waals surface area contributed by atoms with Crippen molar-refractivity contribution in [2.24, 2.45) is 0 Å². The van der Waals surface area contributed by atoms with E-state index in [4.69, 9.17) is 27.9 Å². The van der Waals surface area contributed by atoms with E-state index in [0.29, 0.717) is 0 Å². The minimum atomic E-state index is -0.603. The molecule has 0 fully saturated rings. The van der Waals surface area contributed by atoms with Crippen LogP contribution < -0.4 is 5.32 Å². The maximum absolute atomic E-state index is 11.8. The molecular weight excluding hydrogens is 291 g/mol. The van der Waals surface area contributed by atoms with Crippen LogP contribution >= 0.6 is 23.2 Å². The van der Waals surface area contributed by atoms with Crippen LogP contribution in [0.2, 0.25) is 10.2 Å². The van der Waals surface area contributed by atoms with E-state index in [0.717, 1.165) is 0 Å². The Labute approximate surface area is 121 Å². The number of aromatic nitrogens is 1. The number of nitrogens with one attached hydrogen (secondary N) is 1. The predicted octanol–water partition coefficient (Wildman–Crippen LogP) is 2.46. The molecule has 1 amide bonds. The van der Waals surface area contributed by atoms with Gasteiger partial charge in [-0.2, -0.15) is 0 Å². The fourth-order valence-corrected chi connectivity index (χ4v) is 1.53. The lowest BCUT2D eigenvalue weighted by Gasteiger charge is -2.19. The van der Waals surface area contributed by atoms with Crippen LogP contribution in [-0.2, 0) is 9.53 Å². The molecule has 0 radical (unpaired) electrons. The van der Waals surface area contributed by atoms with E-state index in [1.54, 1.807) is 20.8 Å². The Balaban J connectivity index is 2.61. The van der Waals surface area contributed by atoms with Gasteiger partial charge < -0.3 is 10.1 Å². The van der Waals surface area contributed by atoms with E-state index in [-0.39, 0.29) is 22.4 Å². The van der Waals surface area contributed by atoms with Crippen molar-refractivity contribution >= 4 is 35.1 Å². The molecule has 0 spiro atoms. The molecule has 0 aromatic carbocycles. The molecule has 1 heterocycles. The molecule has 0 atom stereocenters. The number of halogens is 2. The Morgan fingerprint density at radius 3 is 2.53 bits per heavy atom. The van der Waals surface area contributed by atoms with Crippen molar-refractivity contribution in [2.45, 2.75) is 26.4 Å². The molecular formula is C12H14Cl2N2O3. The monoisotopic (exact) mass is 304 g/mol. The van der Waals surface area contributed by atoms with Crippen molar-refractivity contribution in [3.8, 4) is 0 Å². The first-order valence-electron chi connectivity index (χ1n) is 5.51. The molecule has 7 heteroatoms. The number of carbonyl (C=O) groups is 2. The highest BCUT2D eigenvalue weighted by Gasteiger charge is 2.18. The number of amides is 1. The quantitative estimate of drug-likeness (QED) is 0.688. The summed E-state index contributed by atoms with van der Waals surface area (Å²) < 4.78 is 5.04. The highest BCUT2D eigenvalue weighted by Crippen LogP contribution is 2.16. The van der Waals surface area contributed by atoms with Crippen LogP contribution in [0.25, 0.3) is 0 Å². The van der Waals surface area contributed by atoms with Gasteiger partial charge in [-0.1, -0.05) is 23.2 Å². The van der Waals surface area contributed by atoms with Crippen molar-refractivity contribution in [3.05, 3.63) is 28.0 Å². The molecule has 1 N–H and O–H groups in total. The number of carbonyl (C=O) groups excluding carboxylic acids is 2. The molecule has 19 heavy (non-hydrogen) atoms. The summed E-state index contributed by atoms with van der Waals surface area (Å²) in [6, 6.07) is 2.92. The van der Waals surface area contributed by atoms with Gasteiger partial charge in [0, 0.05) is 0 Å². The summed E-state index contributed by atoms with van der Waals surface area (Å²) in [6.07, 6.45) is 0. The largest absolute Gasteiger partial charge is 0.459 e. The summed E-state index contributed by atoms with van der Waals surface area (Å²) in [5.41, 5.74) is -0.633. The molecule has 0 aliphatic rings. The molecule has 0 bridgehead atoms. The van der Waals surface area contributed by atoms with E-state index in [1.807, 2.05) is 0 Å². The molecule has 0 aliphatic carbocycles. The fraction of sp³-hybridized carbons (Fsp3) is 0.417. The molecule has 0 saturated heterocycles. The van der Waals surface area contributed by atoms with Crippen molar-refractivity contribution in [1.29, 1.82) is 0 Å². The second-order valence-corrected chi connectivity index (χ2v) is 5.53. The number of rotatable bonds is 3. The van der Waals surface area contributed by atoms with E-state index in [9.17, 15) is 9.59 Å². The van der Waals surface area contributed by atoms with Gasteiger partial charge in [-0.3, -0.25) is 9.59 Å². The number of pyridine rings is 1. The molecule has 0 unspecified atom stereocenters.